The number of carbonyl (C=O) groups is 2. The van der Waals surface area contributed by atoms with Gasteiger partial charge in [-0.25, -0.2) is 0 Å². The molecule has 0 spiro atoms. The average molecular weight is 341 g/mol. The van der Waals surface area contributed by atoms with Crippen molar-refractivity contribution in [1.29, 1.82) is 0 Å². The van der Waals surface area contributed by atoms with Crippen LogP contribution in [0.5, 0.6) is 5.75 Å². The third-order valence-electron chi connectivity index (χ3n) is 3.55. The number of esters is 2. The van der Waals surface area contributed by atoms with E-state index in [2.05, 4.69) is 0 Å². The van der Waals surface area contributed by atoms with Gasteiger partial charge in [0.25, 0.3) is 0 Å². The highest BCUT2D eigenvalue weighted by atomic mass is 35.5. The number of hydrogen-bond acceptors (Lipinski definition) is 4. The van der Waals surface area contributed by atoms with E-state index in [9.17, 15) is 9.59 Å². The Balaban J connectivity index is 2.35. The number of halogens is 1. The summed E-state index contributed by atoms with van der Waals surface area (Å²) in [7, 11) is 0. The van der Waals surface area contributed by atoms with Gasteiger partial charge in [0.15, 0.2) is 0 Å². The molecule has 0 N–H and O–H groups in total. The van der Waals surface area contributed by atoms with Gasteiger partial charge in [-0.3, -0.25) is 9.59 Å². The Bertz CT molecular complexity index is 540. The Morgan fingerprint density at radius 2 is 1.83 bits per heavy atom. The molecule has 0 radical (unpaired) electrons. The average Bonchev–Trinajstić information content (AvgIpc) is 2.47. The Morgan fingerprint density at radius 3 is 2.39 bits per heavy atom. The van der Waals surface area contributed by atoms with Crippen molar-refractivity contribution >= 4 is 23.5 Å². The number of benzene rings is 1. The minimum atomic E-state index is -0.362. The lowest BCUT2D eigenvalue weighted by Gasteiger charge is -2.19. The lowest BCUT2D eigenvalue weighted by atomic mass is 10.1. The molecule has 1 atom stereocenters. The van der Waals surface area contributed by atoms with Gasteiger partial charge in [-0.1, -0.05) is 32.4 Å². The van der Waals surface area contributed by atoms with E-state index in [0.29, 0.717) is 23.1 Å². The first-order valence-corrected chi connectivity index (χ1v) is 8.37. The van der Waals surface area contributed by atoms with Crippen molar-refractivity contribution < 1.29 is 19.1 Å². The van der Waals surface area contributed by atoms with Crippen LogP contribution in [0.3, 0.4) is 0 Å². The van der Waals surface area contributed by atoms with E-state index in [1.54, 1.807) is 18.2 Å². The van der Waals surface area contributed by atoms with Crippen molar-refractivity contribution in [3.05, 3.63) is 28.8 Å². The van der Waals surface area contributed by atoms with Gasteiger partial charge in [0.2, 0.25) is 0 Å². The van der Waals surface area contributed by atoms with Crippen molar-refractivity contribution in [3.8, 4) is 5.75 Å². The molecule has 0 aliphatic rings. The molecular weight excluding hydrogens is 316 g/mol. The van der Waals surface area contributed by atoms with Gasteiger partial charge in [0, 0.05) is 17.9 Å². The molecule has 0 bridgehead atoms. The minimum Gasteiger partial charge on any atom is -0.462 e. The maximum absolute atomic E-state index is 11.8. The minimum absolute atomic E-state index is 0.0637. The zero-order chi connectivity index (χ0) is 17.4. The normalized spacial score (nSPS) is 12.1. The van der Waals surface area contributed by atoms with E-state index < -0.39 is 0 Å². The number of carbonyl (C=O) groups excluding carboxylic acids is 2. The fraction of sp³-hybridized carbons (Fsp3) is 0.556. The topological polar surface area (TPSA) is 52.6 Å². The predicted molar refractivity (Wildman–Crippen MR) is 90.7 cm³/mol. The van der Waals surface area contributed by atoms with E-state index >= 15 is 0 Å². The van der Waals surface area contributed by atoms with Crippen LogP contribution in [-0.4, -0.2) is 18.0 Å². The smallest absolute Gasteiger partial charge is 0.311 e. The lowest BCUT2D eigenvalue weighted by molar-refractivity contribution is -0.151. The molecule has 0 fully saturated rings. The number of aryl methyl sites for hydroxylation is 1. The summed E-state index contributed by atoms with van der Waals surface area (Å²) < 4.78 is 10.7. The van der Waals surface area contributed by atoms with Crippen molar-refractivity contribution in [3.63, 3.8) is 0 Å². The molecule has 1 rings (SSSR count). The van der Waals surface area contributed by atoms with Crippen LogP contribution in [-0.2, 0) is 14.3 Å². The van der Waals surface area contributed by atoms with Gasteiger partial charge in [0.1, 0.15) is 11.9 Å². The SMILES string of the molecule is CCC(OC(=O)CCCC(=O)Oc1ccc(Cl)cc1C)C(C)C. The molecule has 1 aromatic carbocycles. The van der Waals surface area contributed by atoms with Crippen molar-refractivity contribution in [2.24, 2.45) is 5.92 Å². The monoisotopic (exact) mass is 340 g/mol. The molecule has 5 heteroatoms. The Morgan fingerprint density at radius 1 is 1.17 bits per heavy atom. The molecule has 0 aliphatic heterocycles. The highest BCUT2D eigenvalue weighted by Gasteiger charge is 2.16. The van der Waals surface area contributed by atoms with E-state index in [1.807, 2.05) is 27.7 Å². The molecule has 0 heterocycles. The number of hydrogen-bond donors (Lipinski definition) is 0. The third kappa shape index (κ3) is 7.04. The molecule has 23 heavy (non-hydrogen) atoms. The highest BCUT2D eigenvalue weighted by Crippen LogP contribution is 2.22. The van der Waals surface area contributed by atoms with Crippen LogP contribution in [0.15, 0.2) is 18.2 Å². The summed E-state index contributed by atoms with van der Waals surface area (Å²) in [6.07, 6.45) is 1.54. The Hall–Kier alpha value is -1.55. The molecule has 0 saturated carbocycles. The van der Waals surface area contributed by atoms with Crippen LogP contribution >= 0.6 is 11.6 Å². The van der Waals surface area contributed by atoms with Gasteiger partial charge in [-0.05, 0) is 49.4 Å². The van der Waals surface area contributed by atoms with Crippen molar-refractivity contribution in [2.45, 2.75) is 59.5 Å². The van der Waals surface area contributed by atoms with Crippen LogP contribution < -0.4 is 4.74 Å². The van der Waals surface area contributed by atoms with E-state index in [-0.39, 0.29) is 30.9 Å². The highest BCUT2D eigenvalue weighted by molar-refractivity contribution is 6.30. The van der Waals surface area contributed by atoms with Crippen LogP contribution in [0.4, 0.5) is 0 Å². The van der Waals surface area contributed by atoms with Crippen molar-refractivity contribution in [1.82, 2.24) is 0 Å². The zero-order valence-corrected chi connectivity index (χ0v) is 15.0. The third-order valence-corrected chi connectivity index (χ3v) is 3.79. The molecular formula is C18H25ClO4. The Labute approximate surface area is 143 Å². The zero-order valence-electron chi connectivity index (χ0n) is 14.2. The second kappa shape index (κ2) is 9.56. The molecule has 0 aliphatic carbocycles. The second-order valence-corrected chi connectivity index (χ2v) is 6.35. The van der Waals surface area contributed by atoms with E-state index in [0.717, 1.165) is 12.0 Å². The van der Waals surface area contributed by atoms with Crippen LogP contribution in [0.25, 0.3) is 0 Å². The number of ether oxygens (including phenoxy) is 2. The number of rotatable bonds is 8. The fourth-order valence-electron chi connectivity index (χ4n) is 2.20. The molecule has 128 valence electrons. The first-order valence-electron chi connectivity index (χ1n) is 7.99. The molecule has 1 aromatic rings. The van der Waals surface area contributed by atoms with Gasteiger partial charge < -0.3 is 9.47 Å². The quantitative estimate of drug-likeness (QED) is 0.508. The summed E-state index contributed by atoms with van der Waals surface area (Å²) >= 11 is 5.86. The van der Waals surface area contributed by atoms with Gasteiger partial charge >= 0.3 is 11.9 Å². The van der Waals surface area contributed by atoms with Crippen LogP contribution in [0, 0.1) is 12.8 Å². The molecule has 4 nitrogen and oxygen atoms in total. The second-order valence-electron chi connectivity index (χ2n) is 5.92. The summed E-state index contributed by atoms with van der Waals surface area (Å²) in [4.78, 5) is 23.6. The van der Waals surface area contributed by atoms with Gasteiger partial charge in [-0.2, -0.15) is 0 Å². The first kappa shape index (κ1) is 19.5. The summed E-state index contributed by atoms with van der Waals surface area (Å²) in [6.45, 7) is 7.85. The van der Waals surface area contributed by atoms with Crippen molar-refractivity contribution in [2.75, 3.05) is 0 Å². The summed E-state index contributed by atoms with van der Waals surface area (Å²) in [6, 6.07) is 5.07. The molecule has 1 unspecified atom stereocenters. The van der Waals surface area contributed by atoms with Crippen LogP contribution in [0.1, 0.15) is 52.0 Å². The largest absolute Gasteiger partial charge is 0.462 e. The van der Waals surface area contributed by atoms with Gasteiger partial charge in [0.05, 0.1) is 0 Å². The van der Waals surface area contributed by atoms with E-state index in [1.165, 1.54) is 0 Å². The maximum Gasteiger partial charge on any atom is 0.311 e. The molecule has 0 saturated heterocycles. The Kier molecular flexibility index (Phi) is 8.10. The van der Waals surface area contributed by atoms with Gasteiger partial charge in [-0.15, -0.1) is 0 Å². The van der Waals surface area contributed by atoms with E-state index in [4.69, 9.17) is 21.1 Å². The summed E-state index contributed by atoms with van der Waals surface area (Å²) in [5.41, 5.74) is 0.799. The predicted octanol–water partition coefficient (Wildman–Crippen LogP) is 4.70. The standard InChI is InChI=1S/C18H25ClO4/c1-5-15(12(2)3)22-17(20)7-6-8-18(21)23-16-10-9-14(19)11-13(16)4/h9-12,15H,5-8H2,1-4H3. The molecule has 0 aromatic heterocycles. The molecule has 0 amide bonds. The maximum atomic E-state index is 11.8. The summed E-state index contributed by atoms with van der Waals surface area (Å²) in [5, 5.41) is 0.598. The summed E-state index contributed by atoms with van der Waals surface area (Å²) in [5.74, 6) is 0.162. The lowest BCUT2D eigenvalue weighted by Crippen LogP contribution is -2.22. The van der Waals surface area contributed by atoms with Crippen LogP contribution in [0.2, 0.25) is 5.02 Å². The fourth-order valence-corrected chi connectivity index (χ4v) is 2.42. The first-order chi connectivity index (χ1) is 10.8.